The van der Waals surface area contributed by atoms with Crippen molar-refractivity contribution in [2.24, 2.45) is 0 Å². The van der Waals surface area contributed by atoms with E-state index in [1.54, 1.807) is 48.5 Å². The number of carbonyl (C=O) groups is 1. The summed E-state index contributed by atoms with van der Waals surface area (Å²) in [6.45, 7) is 0.391. The molecule has 0 radical (unpaired) electrons. The van der Waals surface area contributed by atoms with Crippen molar-refractivity contribution in [1.29, 1.82) is 0 Å². The van der Waals surface area contributed by atoms with E-state index in [2.05, 4.69) is 10.0 Å². The maximum atomic E-state index is 13.6. The van der Waals surface area contributed by atoms with Crippen molar-refractivity contribution >= 4 is 15.9 Å². The summed E-state index contributed by atoms with van der Waals surface area (Å²) in [5.41, 5.74) is 1.59. The van der Waals surface area contributed by atoms with Crippen molar-refractivity contribution in [1.82, 2.24) is 10.0 Å². The van der Waals surface area contributed by atoms with Crippen LogP contribution in [0.2, 0.25) is 0 Å². The molecule has 0 aromatic heterocycles. The SMILES string of the molecule is O=C(NCc1ccc(CNS(=O)(=O)c2ccccc2)cc1)c1ccccc1F. The third-order valence-corrected chi connectivity index (χ3v) is 5.53. The fourth-order valence-electron chi connectivity index (χ4n) is 2.56. The number of halogens is 1. The van der Waals surface area contributed by atoms with E-state index >= 15 is 0 Å². The monoisotopic (exact) mass is 398 g/mol. The number of sulfonamides is 1. The van der Waals surface area contributed by atoms with Gasteiger partial charge in [-0.1, -0.05) is 54.6 Å². The molecule has 0 spiro atoms. The molecule has 0 aliphatic rings. The topological polar surface area (TPSA) is 75.3 Å². The van der Waals surface area contributed by atoms with Crippen molar-refractivity contribution in [3.63, 3.8) is 0 Å². The zero-order valence-electron chi connectivity index (χ0n) is 14.9. The van der Waals surface area contributed by atoms with Crippen molar-refractivity contribution in [2.75, 3.05) is 0 Å². The van der Waals surface area contributed by atoms with Gasteiger partial charge in [-0.15, -0.1) is 0 Å². The van der Waals surface area contributed by atoms with E-state index in [0.717, 1.165) is 11.1 Å². The van der Waals surface area contributed by atoms with E-state index in [-0.39, 0.29) is 23.5 Å². The molecule has 2 N–H and O–H groups in total. The molecule has 0 unspecified atom stereocenters. The zero-order chi connectivity index (χ0) is 20.0. The Hall–Kier alpha value is -3.03. The fraction of sp³-hybridized carbons (Fsp3) is 0.0952. The zero-order valence-corrected chi connectivity index (χ0v) is 15.7. The van der Waals surface area contributed by atoms with Gasteiger partial charge in [0.15, 0.2) is 0 Å². The Morgan fingerprint density at radius 2 is 1.36 bits per heavy atom. The minimum Gasteiger partial charge on any atom is -0.348 e. The van der Waals surface area contributed by atoms with E-state index < -0.39 is 21.7 Å². The first-order valence-corrected chi connectivity index (χ1v) is 10.1. The second-order valence-electron chi connectivity index (χ2n) is 6.12. The Kier molecular flexibility index (Phi) is 6.18. The predicted octanol–water partition coefficient (Wildman–Crippen LogP) is 3.23. The van der Waals surface area contributed by atoms with Crippen LogP contribution in [-0.2, 0) is 23.1 Å². The lowest BCUT2D eigenvalue weighted by Crippen LogP contribution is -2.24. The van der Waals surface area contributed by atoms with E-state index in [4.69, 9.17) is 0 Å². The van der Waals surface area contributed by atoms with Gasteiger partial charge in [0.25, 0.3) is 5.91 Å². The minimum atomic E-state index is -3.57. The van der Waals surface area contributed by atoms with Crippen LogP contribution in [0.15, 0.2) is 83.8 Å². The van der Waals surface area contributed by atoms with Gasteiger partial charge < -0.3 is 5.32 Å². The summed E-state index contributed by atoms with van der Waals surface area (Å²) in [6, 6.07) is 21.1. The lowest BCUT2D eigenvalue weighted by atomic mass is 10.1. The Morgan fingerprint density at radius 1 is 0.786 bits per heavy atom. The third-order valence-electron chi connectivity index (χ3n) is 4.11. The number of benzene rings is 3. The maximum absolute atomic E-state index is 13.6. The van der Waals surface area contributed by atoms with Crippen LogP contribution >= 0.6 is 0 Å². The van der Waals surface area contributed by atoms with Crippen molar-refractivity contribution in [3.05, 3.63) is 101 Å². The van der Waals surface area contributed by atoms with Gasteiger partial charge in [0.2, 0.25) is 10.0 Å². The normalized spacial score (nSPS) is 11.2. The summed E-state index contributed by atoms with van der Waals surface area (Å²) in [7, 11) is -3.57. The molecule has 144 valence electrons. The number of hydrogen-bond acceptors (Lipinski definition) is 3. The molecule has 0 saturated carbocycles. The Morgan fingerprint density at radius 3 is 2.00 bits per heavy atom. The van der Waals surface area contributed by atoms with Crippen molar-refractivity contribution < 1.29 is 17.6 Å². The smallest absolute Gasteiger partial charge is 0.254 e. The summed E-state index contributed by atoms with van der Waals surface area (Å²) in [5.74, 6) is -1.06. The number of rotatable bonds is 7. The molecule has 3 rings (SSSR count). The highest BCUT2D eigenvalue weighted by Gasteiger charge is 2.13. The number of carbonyl (C=O) groups excluding carboxylic acids is 1. The molecule has 0 bridgehead atoms. The molecule has 3 aromatic carbocycles. The van der Waals surface area contributed by atoms with Crippen LogP contribution in [-0.4, -0.2) is 14.3 Å². The third kappa shape index (κ3) is 5.03. The van der Waals surface area contributed by atoms with Gasteiger partial charge >= 0.3 is 0 Å². The van der Waals surface area contributed by atoms with Crippen LogP contribution in [0.3, 0.4) is 0 Å². The Bertz CT molecular complexity index is 1050. The Labute approximate surface area is 163 Å². The second kappa shape index (κ2) is 8.77. The molecule has 3 aromatic rings. The number of hydrogen-bond donors (Lipinski definition) is 2. The van der Waals surface area contributed by atoms with Gasteiger partial charge in [-0.25, -0.2) is 17.5 Å². The van der Waals surface area contributed by atoms with Crippen molar-refractivity contribution in [3.8, 4) is 0 Å². The summed E-state index contributed by atoms with van der Waals surface area (Å²) < 4.78 is 40.6. The van der Waals surface area contributed by atoms with E-state index in [9.17, 15) is 17.6 Å². The fourth-order valence-corrected chi connectivity index (χ4v) is 3.60. The van der Waals surface area contributed by atoms with E-state index in [1.165, 1.54) is 30.3 Å². The van der Waals surface area contributed by atoms with Gasteiger partial charge in [-0.05, 0) is 35.4 Å². The van der Waals surface area contributed by atoms with Crippen LogP contribution in [0.25, 0.3) is 0 Å². The Balaban J connectivity index is 1.55. The largest absolute Gasteiger partial charge is 0.348 e. The molecule has 0 heterocycles. The molecular weight excluding hydrogens is 379 g/mol. The van der Waals surface area contributed by atoms with Crippen LogP contribution < -0.4 is 10.0 Å². The average molecular weight is 398 g/mol. The van der Waals surface area contributed by atoms with Crippen LogP contribution in [0, 0.1) is 5.82 Å². The highest BCUT2D eigenvalue weighted by molar-refractivity contribution is 7.89. The van der Waals surface area contributed by atoms with Gasteiger partial charge in [-0.3, -0.25) is 4.79 Å². The molecule has 0 fully saturated rings. The first kappa shape index (κ1) is 19.7. The number of amides is 1. The summed E-state index contributed by atoms with van der Waals surface area (Å²) in [6.07, 6.45) is 0. The standard InChI is InChI=1S/C21H19FN2O3S/c22-20-9-5-4-8-19(20)21(25)23-14-16-10-12-17(13-11-16)15-24-28(26,27)18-6-2-1-3-7-18/h1-13,24H,14-15H2,(H,23,25). The molecule has 0 aliphatic carbocycles. The van der Waals surface area contributed by atoms with Gasteiger partial charge in [0, 0.05) is 13.1 Å². The lowest BCUT2D eigenvalue weighted by Gasteiger charge is -2.09. The first-order valence-electron chi connectivity index (χ1n) is 8.61. The molecule has 7 heteroatoms. The molecular formula is C21H19FN2O3S. The highest BCUT2D eigenvalue weighted by atomic mass is 32.2. The van der Waals surface area contributed by atoms with E-state index in [1.807, 2.05) is 0 Å². The van der Waals surface area contributed by atoms with Gasteiger partial charge in [-0.2, -0.15) is 0 Å². The van der Waals surface area contributed by atoms with Gasteiger partial charge in [0.1, 0.15) is 5.82 Å². The quantitative estimate of drug-likeness (QED) is 0.642. The molecule has 0 atom stereocenters. The lowest BCUT2D eigenvalue weighted by molar-refractivity contribution is 0.0947. The molecule has 1 amide bonds. The van der Waals surface area contributed by atoms with Crippen LogP contribution in [0.4, 0.5) is 4.39 Å². The molecule has 28 heavy (non-hydrogen) atoms. The van der Waals surface area contributed by atoms with E-state index in [0.29, 0.717) is 0 Å². The summed E-state index contributed by atoms with van der Waals surface area (Å²) >= 11 is 0. The van der Waals surface area contributed by atoms with Crippen LogP contribution in [0.1, 0.15) is 21.5 Å². The first-order chi connectivity index (χ1) is 13.5. The molecule has 0 saturated heterocycles. The molecule has 5 nitrogen and oxygen atoms in total. The van der Waals surface area contributed by atoms with Crippen molar-refractivity contribution in [2.45, 2.75) is 18.0 Å². The highest BCUT2D eigenvalue weighted by Crippen LogP contribution is 2.10. The second-order valence-corrected chi connectivity index (χ2v) is 7.88. The predicted molar refractivity (Wildman–Crippen MR) is 104 cm³/mol. The maximum Gasteiger partial charge on any atom is 0.254 e. The molecule has 0 aliphatic heterocycles. The van der Waals surface area contributed by atoms with Gasteiger partial charge in [0.05, 0.1) is 10.5 Å². The average Bonchev–Trinajstić information content (AvgIpc) is 2.72. The minimum absolute atomic E-state index is 0.00515. The summed E-state index contributed by atoms with van der Waals surface area (Å²) in [5, 5.41) is 2.66. The van der Waals surface area contributed by atoms with Crippen LogP contribution in [0.5, 0.6) is 0 Å². The number of nitrogens with one attached hydrogen (secondary N) is 2. The summed E-state index contributed by atoms with van der Waals surface area (Å²) in [4.78, 5) is 12.2.